The first-order valence-electron chi connectivity index (χ1n) is 9.01. The standard InChI is InChI=1S/C21H17NO8/c1-11(21(25)26)22-19(23)9-27-13-3-4-14-16(8-13)30-18(20(14)24)7-12-2-5-15-17(6-12)29-10-28-15/h2-8,11H,9-10H2,1H3,(H,22,23)(H,25,26)/p-1/t11-/m1/s1. The van der Waals surface area contributed by atoms with E-state index in [9.17, 15) is 19.5 Å². The normalized spacial score (nSPS) is 16.0. The minimum Gasteiger partial charge on any atom is -0.548 e. The van der Waals surface area contributed by atoms with Crippen LogP contribution in [0.2, 0.25) is 0 Å². The van der Waals surface area contributed by atoms with Crippen LogP contribution >= 0.6 is 0 Å². The predicted octanol–water partition coefficient (Wildman–Crippen LogP) is 0.665. The zero-order valence-corrected chi connectivity index (χ0v) is 15.8. The molecule has 2 aliphatic heterocycles. The van der Waals surface area contributed by atoms with Gasteiger partial charge in [0.2, 0.25) is 12.6 Å². The van der Waals surface area contributed by atoms with Gasteiger partial charge in [-0.3, -0.25) is 9.59 Å². The van der Waals surface area contributed by atoms with E-state index in [-0.39, 0.29) is 18.3 Å². The molecule has 0 saturated carbocycles. The number of carbonyl (C=O) groups excluding carboxylic acids is 3. The summed E-state index contributed by atoms with van der Waals surface area (Å²) in [7, 11) is 0. The number of allylic oxidation sites excluding steroid dienone is 1. The molecule has 9 heteroatoms. The summed E-state index contributed by atoms with van der Waals surface area (Å²) in [6, 6.07) is 8.69. The van der Waals surface area contributed by atoms with Crippen molar-refractivity contribution in [2.24, 2.45) is 0 Å². The smallest absolute Gasteiger partial charge is 0.258 e. The number of carboxylic acids is 1. The van der Waals surface area contributed by atoms with Gasteiger partial charge in [-0.25, -0.2) is 0 Å². The number of amides is 1. The highest BCUT2D eigenvalue weighted by molar-refractivity contribution is 6.14. The SMILES string of the molecule is C[C@@H](NC(=O)COc1ccc2c(c1)OC(=Cc1ccc3c(c1)OCO3)C2=O)C(=O)[O-]. The first-order valence-corrected chi connectivity index (χ1v) is 9.01. The van der Waals surface area contributed by atoms with Crippen LogP contribution in [0.5, 0.6) is 23.0 Å². The second-order valence-electron chi connectivity index (χ2n) is 6.61. The fraction of sp³-hybridized carbons (Fsp3) is 0.190. The first kappa shape index (κ1) is 19.3. The molecule has 2 aromatic carbocycles. The predicted molar refractivity (Wildman–Crippen MR) is 100 cm³/mol. The van der Waals surface area contributed by atoms with Crippen molar-refractivity contribution < 1.29 is 38.4 Å². The van der Waals surface area contributed by atoms with Crippen LogP contribution in [0.25, 0.3) is 6.08 Å². The Morgan fingerprint density at radius 3 is 2.77 bits per heavy atom. The van der Waals surface area contributed by atoms with Gasteiger partial charge in [-0.2, -0.15) is 0 Å². The van der Waals surface area contributed by atoms with E-state index in [2.05, 4.69) is 5.32 Å². The van der Waals surface area contributed by atoms with Crippen molar-refractivity contribution >= 4 is 23.7 Å². The van der Waals surface area contributed by atoms with Crippen LogP contribution in [-0.2, 0) is 9.59 Å². The summed E-state index contributed by atoms with van der Waals surface area (Å²) in [5.74, 6) is -0.332. The summed E-state index contributed by atoms with van der Waals surface area (Å²) in [5.41, 5.74) is 1.08. The number of Topliss-reactive ketones (excluding diaryl/α,β-unsaturated/α-hetero) is 1. The number of rotatable bonds is 6. The van der Waals surface area contributed by atoms with Gasteiger partial charge in [0.1, 0.15) is 11.5 Å². The lowest BCUT2D eigenvalue weighted by Gasteiger charge is -2.14. The van der Waals surface area contributed by atoms with Gasteiger partial charge in [-0.05, 0) is 42.8 Å². The van der Waals surface area contributed by atoms with Crippen LogP contribution in [-0.4, -0.2) is 37.1 Å². The van der Waals surface area contributed by atoms with Gasteiger partial charge in [-0.1, -0.05) is 6.07 Å². The average Bonchev–Trinajstić information content (AvgIpc) is 3.30. The van der Waals surface area contributed by atoms with Crippen molar-refractivity contribution in [1.29, 1.82) is 0 Å². The molecule has 0 spiro atoms. The summed E-state index contributed by atoms with van der Waals surface area (Å²) in [6.07, 6.45) is 1.60. The largest absolute Gasteiger partial charge is 0.548 e. The Balaban J connectivity index is 1.43. The molecule has 30 heavy (non-hydrogen) atoms. The molecule has 1 N–H and O–H groups in total. The molecule has 0 aliphatic carbocycles. The summed E-state index contributed by atoms with van der Waals surface area (Å²) in [4.78, 5) is 34.9. The van der Waals surface area contributed by atoms with Gasteiger partial charge >= 0.3 is 0 Å². The van der Waals surface area contributed by atoms with Crippen LogP contribution < -0.4 is 29.4 Å². The van der Waals surface area contributed by atoms with E-state index in [1.807, 2.05) is 0 Å². The third kappa shape index (κ3) is 3.90. The number of carbonyl (C=O) groups is 3. The summed E-state index contributed by atoms with van der Waals surface area (Å²) in [6.45, 7) is 1.05. The Kier molecular flexibility index (Phi) is 5.01. The minimum atomic E-state index is -1.39. The molecule has 4 rings (SSSR count). The topological polar surface area (TPSA) is 123 Å². The molecule has 0 fully saturated rings. The lowest BCUT2D eigenvalue weighted by molar-refractivity contribution is -0.307. The van der Waals surface area contributed by atoms with E-state index in [1.54, 1.807) is 24.3 Å². The third-order valence-electron chi connectivity index (χ3n) is 4.44. The molecule has 2 aromatic rings. The van der Waals surface area contributed by atoms with Crippen molar-refractivity contribution in [3.05, 3.63) is 53.3 Å². The van der Waals surface area contributed by atoms with Crippen molar-refractivity contribution in [1.82, 2.24) is 5.32 Å². The quantitative estimate of drug-likeness (QED) is 0.689. The maximum absolute atomic E-state index is 12.6. The number of aliphatic carboxylic acids is 1. The molecule has 1 amide bonds. The number of carboxylic acid groups (broad SMARTS) is 1. The Labute approximate surface area is 170 Å². The lowest BCUT2D eigenvalue weighted by Crippen LogP contribution is -2.47. The van der Waals surface area contributed by atoms with E-state index in [4.69, 9.17) is 18.9 Å². The average molecular weight is 410 g/mol. The van der Waals surface area contributed by atoms with Gasteiger partial charge in [-0.15, -0.1) is 0 Å². The van der Waals surface area contributed by atoms with Crippen molar-refractivity contribution in [3.63, 3.8) is 0 Å². The third-order valence-corrected chi connectivity index (χ3v) is 4.44. The van der Waals surface area contributed by atoms with Crippen LogP contribution in [0.4, 0.5) is 0 Å². The van der Waals surface area contributed by atoms with Gasteiger partial charge in [0.25, 0.3) is 5.91 Å². The van der Waals surface area contributed by atoms with Crippen LogP contribution in [0.3, 0.4) is 0 Å². The number of hydrogen-bond donors (Lipinski definition) is 1. The van der Waals surface area contributed by atoms with Crippen LogP contribution in [0, 0.1) is 0 Å². The molecule has 0 aromatic heterocycles. The Hall–Kier alpha value is -4.01. The molecule has 2 aliphatic rings. The van der Waals surface area contributed by atoms with Gasteiger partial charge in [0.05, 0.1) is 17.6 Å². The van der Waals surface area contributed by atoms with Gasteiger partial charge in [0.15, 0.2) is 23.9 Å². The monoisotopic (exact) mass is 410 g/mol. The number of ether oxygens (including phenoxy) is 4. The second kappa shape index (κ2) is 7.78. The highest BCUT2D eigenvalue weighted by atomic mass is 16.7. The number of hydrogen-bond acceptors (Lipinski definition) is 8. The second-order valence-corrected chi connectivity index (χ2v) is 6.61. The van der Waals surface area contributed by atoms with Crippen molar-refractivity contribution in [3.8, 4) is 23.0 Å². The minimum absolute atomic E-state index is 0.140. The number of benzene rings is 2. The molecule has 0 bridgehead atoms. The Bertz CT molecular complexity index is 1070. The zero-order chi connectivity index (χ0) is 21.3. The maximum Gasteiger partial charge on any atom is 0.258 e. The number of fused-ring (bicyclic) bond motifs is 2. The molecule has 154 valence electrons. The molecule has 1 atom stereocenters. The Morgan fingerprint density at radius 2 is 1.97 bits per heavy atom. The van der Waals surface area contributed by atoms with Gasteiger partial charge < -0.3 is 34.2 Å². The van der Waals surface area contributed by atoms with E-state index in [0.717, 1.165) is 0 Å². The molecule has 0 saturated heterocycles. The molecular formula is C21H16NO8-. The van der Waals surface area contributed by atoms with Crippen LogP contribution in [0.15, 0.2) is 42.2 Å². The maximum atomic E-state index is 12.6. The Morgan fingerprint density at radius 1 is 1.17 bits per heavy atom. The number of nitrogens with one attached hydrogen (secondary N) is 1. The van der Waals surface area contributed by atoms with E-state index < -0.39 is 24.5 Å². The fourth-order valence-electron chi connectivity index (χ4n) is 2.90. The molecular weight excluding hydrogens is 394 g/mol. The van der Waals surface area contributed by atoms with E-state index in [1.165, 1.54) is 25.1 Å². The highest BCUT2D eigenvalue weighted by Gasteiger charge is 2.28. The van der Waals surface area contributed by atoms with Crippen molar-refractivity contribution in [2.45, 2.75) is 13.0 Å². The van der Waals surface area contributed by atoms with Gasteiger partial charge in [0, 0.05) is 6.07 Å². The molecule has 9 nitrogen and oxygen atoms in total. The lowest BCUT2D eigenvalue weighted by atomic mass is 10.1. The molecule has 0 radical (unpaired) electrons. The van der Waals surface area contributed by atoms with E-state index >= 15 is 0 Å². The summed E-state index contributed by atoms with van der Waals surface area (Å²) in [5, 5.41) is 12.9. The van der Waals surface area contributed by atoms with Crippen LogP contribution in [0.1, 0.15) is 22.8 Å². The molecule has 2 heterocycles. The van der Waals surface area contributed by atoms with E-state index in [0.29, 0.717) is 34.1 Å². The highest BCUT2D eigenvalue weighted by Crippen LogP contribution is 2.37. The fourth-order valence-corrected chi connectivity index (χ4v) is 2.90. The number of ketones is 1. The van der Waals surface area contributed by atoms with Crippen molar-refractivity contribution in [2.75, 3.05) is 13.4 Å². The summed E-state index contributed by atoms with van der Waals surface area (Å²) < 4.78 is 21.6. The summed E-state index contributed by atoms with van der Waals surface area (Å²) >= 11 is 0. The zero-order valence-electron chi connectivity index (χ0n) is 15.8. The first-order chi connectivity index (χ1) is 14.4. The molecule has 0 unspecified atom stereocenters.